The molecule has 8 nitrogen and oxygen atoms in total. The van der Waals surface area contributed by atoms with Crippen LogP contribution in [-0.2, 0) is 24.4 Å². The van der Waals surface area contributed by atoms with Gasteiger partial charge in [-0.1, -0.05) is 35.9 Å². The molecule has 0 bridgehead atoms. The molecule has 0 aromatic heterocycles. The molecule has 2 aliphatic rings. The fourth-order valence-corrected chi connectivity index (χ4v) is 6.02. The molecule has 2 unspecified atom stereocenters. The molecule has 1 aliphatic heterocycles. The number of rotatable bonds is 7. The Hall–Kier alpha value is -3.46. The number of anilines is 2. The summed E-state index contributed by atoms with van der Waals surface area (Å²) in [5.41, 5.74) is 3.17. The van der Waals surface area contributed by atoms with Crippen molar-refractivity contribution < 1.29 is 22.8 Å². The molecule has 0 radical (unpaired) electrons. The molecule has 1 fully saturated rings. The Labute approximate surface area is 205 Å². The SMILES string of the molecule is Cc1ccc(NS(=O)(=O)c2cc(NC(=O)CCN3C(=O)C4CC=CCC4C3=O)ccc2C)c(C)c1. The number of fused-ring (bicyclic) bond motifs is 1. The van der Waals surface area contributed by atoms with Crippen molar-refractivity contribution in [1.82, 2.24) is 4.90 Å². The molecule has 3 amide bonds. The summed E-state index contributed by atoms with van der Waals surface area (Å²) in [6.45, 7) is 5.44. The lowest BCUT2D eigenvalue weighted by molar-refractivity contribution is -0.140. The van der Waals surface area contributed by atoms with Crippen LogP contribution in [0.25, 0.3) is 0 Å². The smallest absolute Gasteiger partial charge is 0.262 e. The second-order valence-corrected chi connectivity index (χ2v) is 10.8. The number of sulfonamides is 1. The van der Waals surface area contributed by atoms with Crippen LogP contribution in [0.2, 0.25) is 0 Å². The molecule has 0 saturated carbocycles. The van der Waals surface area contributed by atoms with Crippen molar-refractivity contribution in [2.45, 2.75) is 44.9 Å². The highest BCUT2D eigenvalue weighted by molar-refractivity contribution is 7.92. The van der Waals surface area contributed by atoms with E-state index in [1.807, 2.05) is 38.1 Å². The van der Waals surface area contributed by atoms with Gasteiger partial charge in [0, 0.05) is 18.7 Å². The van der Waals surface area contributed by atoms with Crippen molar-refractivity contribution in [3.8, 4) is 0 Å². The first-order chi connectivity index (χ1) is 16.6. The van der Waals surface area contributed by atoms with E-state index in [1.54, 1.807) is 25.1 Å². The number of nitrogens with one attached hydrogen (secondary N) is 2. The average Bonchev–Trinajstić information content (AvgIpc) is 3.05. The van der Waals surface area contributed by atoms with Gasteiger partial charge in [-0.2, -0.15) is 0 Å². The van der Waals surface area contributed by atoms with Crippen molar-refractivity contribution in [3.63, 3.8) is 0 Å². The lowest BCUT2D eigenvalue weighted by atomic mass is 9.85. The van der Waals surface area contributed by atoms with E-state index in [-0.39, 0.29) is 41.5 Å². The van der Waals surface area contributed by atoms with Crippen molar-refractivity contribution in [2.75, 3.05) is 16.6 Å². The van der Waals surface area contributed by atoms with Gasteiger partial charge < -0.3 is 5.32 Å². The third-order valence-electron chi connectivity index (χ3n) is 6.55. The fourth-order valence-electron chi connectivity index (χ4n) is 4.62. The number of hydrogen-bond donors (Lipinski definition) is 2. The van der Waals surface area contributed by atoms with E-state index in [1.165, 1.54) is 11.0 Å². The van der Waals surface area contributed by atoms with Crippen LogP contribution >= 0.6 is 0 Å². The average molecular weight is 496 g/mol. The van der Waals surface area contributed by atoms with Crippen LogP contribution in [-0.4, -0.2) is 37.6 Å². The number of amides is 3. The summed E-state index contributed by atoms with van der Waals surface area (Å²) in [7, 11) is -3.89. The quantitative estimate of drug-likeness (QED) is 0.449. The zero-order chi connectivity index (χ0) is 25.3. The largest absolute Gasteiger partial charge is 0.326 e. The maximum Gasteiger partial charge on any atom is 0.262 e. The molecule has 184 valence electrons. The number of allylic oxidation sites excluding steroid dienone is 2. The third-order valence-corrected chi connectivity index (χ3v) is 8.06. The van der Waals surface area contributed by atoms with Crippen LogP contribution in [0.3, 0.4) is 0 Å². The second-order valence-electron chi connectivity index (χ2n) is 9.19. The van der Waals surface area contributed by atoms with E-state index in [4.69, 9.17) is 0 Å². The molecule has 9 heteroatoms. The lowest BCUT2D eigenvalue weighted by Gasteiger charge is -2.16. The standard InChI is InChI=1S/C26H29N3O5S/c1-16-8-11-22(18(3)14-16)28-35(33,34)23-15-19(10-9-17(23)2)27-24(30)12-13-29-25(31)20-6-4-5-7-21(20)26(29)32/h4-5,8-11,14-15,20-21,28H,6-7,12-13H2,1-3H3,(H,27,30). The van der Waals surface area contributed by atoms with Crippen LogP contribution in [0.5, 0.6) is 0 Å². The van der Waals surface area contributed by atoms with Crippen LogP contribution in [0.1, 0.15) is 36.0 Å². The Morgan fingerprint density at radius 3 is 2.23 bits per heavy atom. The van der Waals surface area contributed by atoms with E-state index < -0.39 is 15.9 Å². The summed E-state index contributed by atoms with van der Waals surface area (Å²) >= 11 is 0. The summed E-state index contributed by atoms with van der Waals surface area (Å²) in [5, 5.41) is 2.69. The monoisotopic (exact) mass is 495 g/mol. The van der Waals surface area contributed by atoms with Gasteiger partial charge in [-0.3, -0.25) is 24.0 Å². The Morgan fingerprint density at radius 2 is 1.60 bits per heavy atom. The second kappa shape index (κ2) is 9.65. The number of aryl methyl sites for hydroxylation is 3. The first-order valence-corrected chi connectivity index (χ1v) is 13.1. The molecule has 2 N–H and O–H groups in total. The van der Waals surface area contributed by atoms with Gasteiger partial charge in [-0.05, 0) is 62.9 Å². The number of likely N-dealkylation sites (tertiary alicyclic amines) is 1. The summed E-state index contributed by atoms with van der Waals surface area (Å²) in [6, 6.07) is 10.1. The van der Waals surface area contributed by atoms with Crippen LogP contribution in [0, 0.1) is 32.6 Å². The third kappa shape index (κ3) is 5.14. The van der Waals surface area contributed by atoms with Gasteiger partial charge in [0.15, 0.2) is 0 Å². The van der Waals surface area contributed by atoms with Crippen LogP contribution < -0.4 is 10.0 Å². The molecule has 35 heavy (non-hydrogen) atoms. The summed E-state index contributed by atoms with van der Waals surface area (Å²) < 4.78 is 28.8. The minimum absolute atomic E-state index is 0.00176. The summed E-state index contributed by atoms with van der Waals surface area (Å²) in [4.78, 5) is 39.0. The number of imide groups is 1. The van der Waals surface area contributed by atoms with Crippen molar-refractivity contribution >= 4 is 39.1 Å². The fraction of sp³-hybridized carbons (Fsp3) is 0.346. The molecule has 2 aromatic rings. The molecule has 1 saturated heterocycles. The maximum atomic E-state index is 13.1. The Morgan fingerprint density at radius 1 is 0.943 bits per heavy atom. The lowest BCUT2D eigenvalue weighted by Crippen LogP contribution is -2.34. The zero-order valence-electron chi connectivity index (χ0n) is 20.0. The van der Waals surface area contributed by atoms with Gasteiger partial charge in [0.05, 0.1) is 22.4 Å². The molecular formula is C26H29N3O5S. The van der Waals surface area contributed by atoms with E-state index in [9.17, 15) is 22.8 Å². The molecule has 1 heterocycles. The highest BCUT2D eigenvalue weighted by atomic mass is 32.2. The van der Waals surface area contributed by atoms with E-state index in [2.05, 4.69) is 10.0 Å². The minimum Gasteiger partial charge on any atom is -0.326 e. The molecule has 2 atom stereocenters. The van der Waals surface area contributed by atoms with Gasteiger partial charge in [0.1, 0.15) is 0 Å². The topological polar surface area (TPSA) is 113 Å². The minimum atomic E-state index is -3.89. The number of nitrogens with zero attached hydrogens (tertiary/aromatic N) is 1. The Balaban J connectivity index is 1.42. The van der Waals surface area contributed by atoms with Gasteiger partial charge in [-0.15, -0.1) is 0 Å². The zero-order valence-corrected chi connectivity index (χ0v) is 20.8. The predicted molar refractivity (Wildman–Crippen MR) is 133 cm³/mol. The van der Waals surface area contributed by atoms with Gasteiger partial charge in [-0.25, -0.2) is 8.42 Å². The van der Waals surface area contributed by atoms with Crippen LogP contribution in [0.15, 0.2) is 53.4 Å². The normalized spacial score (nSPS) is 19.6. The molecule has 4 rings (SSSR count). The number of carbonyl (C=O) groups excluding carboxylic acids is 3. The van der Waals surface area contributed by atoms with Gasteiger partial charge >= 0.3 is 0 Å². The van der Waals surface area contributed by atoms with Gasteiger partial charge in [0.2, 0.25) is 17.7 Å². The number of hydrogen-bond acceptors (Lipinski definition) is 5. The first kappa shape index (κ1) is 24.7. The molecule has 1 aliphatic carbocycles. The van der Waals surface area contributed by atoms with Crippen molar-refractivity contribution in [1.29, 1.82) is 0 Å². The molecule has 2 aromatic carbocycles. The maximum absolute atomic E-state index is 13.1. The number of benzene rings is 2. The van der Waals surface area contributed by atoms with E-state index >= 15 is 0 Å². The van der Waals surface area contributed by atoms with Crippen LogP contribution in [0.4, 0.5) is 11.4 Å². The van der Waals surface area contributed by atoms with E-state index in [0.717, 1.165) is 11.1 Å². The Bertz CT molecular complexity index is 1310. The van der Waals surface area contributed by atoms with Crippen molar-refractivity contribution in [2.24, 2.45) is 11.8 Å². The first-order valence-electron chi connectivity index (χ1n) is 11.6. The molecular weight excluding hydrogens is 466 g/mol. The van der Waals surface area contributed by atoms with Gasteiger partial charge in [0.25, 0.3) is 10.0 Å². The van der Waals surface area contributed by atoms with E-state index in [0.29, 0.717) is 29.8 Å². The predicted octanol–water partition coefficient (Wildman–Crippen LogP) is 3.69. The summed E-state index contributed by atoms with van der Waals surface area (Å²) in [6.07, 6.45) is 4.87. The highest BCUT2D eigenvalue weighted by Gasteiger charge is 2.46. The highest BCUT2D eigenvalue weighted by Crippen LogP contribution is 2.35. The van der Waals surface area contributed by atoms with Crippen molar-refractivity contribution in [3.05, 3.63) is 65.2 Å². The number of carbonyl (C=O) groups is 3. The Kier molecular flexibility index (Phi) is 6.80. The molecule has 0 spiro atoms. The summed E-state index contributed by atoms with van der Waals surface area (Å²) in [5.74, 6) is -1.51.